The van der Waals surface area contributed by atoms with Crippen LogP contribution in [0.2, 0.25) is 0 Å². The van der Waals surface area contributed by atoms with Crippen LogP contribution in [-0.2, 0) is 9.47 Å². The molecule has 1 aliphatic heterocycles. The number of hydrogen-bond acceptors (Lipinski definition) is 5. The number of carbonyl (C=O) groups excluding carboxylic acids is 1. The first kappa shape index (κ1) is 14.6. The summed E-state index contributed by atoms with van der Waals surface area (Å²) in [6.45, 7) is 2.63. The van der Waals surface area contributed by atoms with Gasteiger partial charge in [-0.15, -0.1) is 0 Å². The maximum Gasteiger partial charge on any atom is 0.251 e. The lowest BCUT2D eigenvalue weighted by atomic mass is 10.1. The second kappa shape index (κ2) is 7.12. The first-order chi connectivity index (χ1) is 9.74. The Morgan fingerprint density at radius 3 is 2.75 bits per heavy atom. The van der Waals surface area contributed by atoms with Crippen molar-refractivity contribution in [2.45, 2.75) is 6.10 Å². The number of benzene rings is 1. The fraction of sp³-hybridized carbons (Fsp3) is 0.500. The molecule has 1 unspecified atom stereocenters. The maximum atomic E-state index is 12.1. The van der Waals surface area contributed by atoms with Gasteiger partial charge in [0, 0.05) is 39.4 Å². The first-order valence-electron chi connectivity index (χ1n) is 6.66. The van der Waals surface area contributed by atoms with Crippen LogP contribution < -0.4 is 16.0 Å². The van der Waals surface area contributed by atoms with Crippen molar-refractivity contribution >= 4 is 17.3 Å². The van der Waals surface area contributed by atoms with E-state index in [2.05, 4.69) is 16.0 Å². The van der Waals surface area contributed by atoms with Crippen LogP contribution in [0.4, 0.5) is 11.4 Å². The molecule has 1 heterocycles. The van der Waals surface area contributed by atoms with E-state index >= 15 is 0 Å². The Bertz CT molecular complexity index is 465. The van der Waals surface area contributed by atoms with Crippen LogP contribution >= 0.6 is 0 Å². The molecule has 3 N–H and O–H groups in total. The summed E-state index contributed by atoms with van der Waals surface area (Å²) in [5.41, 5.74) is 2.62. The van der Waals surface area contributed by atoms with E-state index in [4.69, 9.17) is 9.47 Å². The van der Waals surface area contributed by atoms with Crippen molar-refractivity contribution < 1.29 is 14.3 Å². The monoisotopic (exact) mass is 279 g/mol. The molecule has 6 heteroatoms. The van der Waals surface area contributed by atoms with E-state index in [0.29, 0.717) is 18.7 Å². The molecule has 0 aromatic heterocycles. The largest absolute Gasteiger partial charge is 0.382 e. The molecule has 110 valence electrons. The average molecular weight is 279 g/mol. The summed E-state index contributed by atoms with van der Waals surface area (Å²) < 4.78 is 10.2. The molecule has 0 bridgehead atoms. The minimum atomic E-state index is -0.138. The lowest BCUT2D eigenvalue weighted by Gasteiger charge is -2.20. The number of rotatable bonds is 6. The van der Waals surface area contributed by atoms with Crippen LogP contribution in [-0.4, -0.2) is 52.5 Å². The van der Waals surface area contributed by atoms with Gasteiger partial charge in [-0.25, -0.2) is 0 Å². The van der Waals surface area contributed by atoms with Crippen LogP contribution in [0.3, 0.4) is 0 Å². The molecular weight excluding hydrogens is 258 g/mol. The minimum Gasteiger partial charge on any atom is -0.382 e. The van der Waals surface area contributed by atoms with E-state index in [1.54, 1.807) is 14.2 Å². The number of ether oxygens (including phenoxy) is 2. The summed E-state index contributed by atoms with van der Waals surface area (Å²) in [5, 5.41) is 9.39. The molecule has 1 aliphatic rings. The van der Waals surface area contributed by atoms with Gasteiger partial charge >= 0.3 is 0 Å². The summed E-state index contributed by atoms with van der Waals surface area (Å²) >= 11 is 0. The van der Waals surface area contributed by atoms with E-state index in [1.807, 2.05) is 18.2 Å². The van der Waals surface area contributed by atoms with Gasteiger partial charge in [-0.05, 0) is 18.2 Å². The fourth-order valence-electron chi connectivity index (χ4n) is 2.09. The molecule has 20 heavy (non-hydrogen) atoms. The van der Waals surface area contributed by atoms with Gasteiger partial charge in [-0.1, -0.05) is 0 Å². The number of methoxy groups -OCH3 is 2. The third-order valence-corrected chi connectivity index (χ3v) is 3.21. The standard InChI is InChI=1S/C14H21N3O3/c1-19-9-11(20-2)8-17-14(18)10-3-4-12-13(7-10)16-6-5-15-12/h3-4,7,11,15-16H,5-6,8-9H2,1-2H3,(H,17,18). The van der Waals surface area contributed by atoms with E-state index in [-0.39, 0.29) is 12.0 Å². The zero-order valence-electron chi connectivity index (χ0n) is 11.9. The van der Waals surface area contributed by atoms with Crippen LogP contribution in [0.25, 0.3) is 0 Å². The lowest BCUT2D eigenvalue weighted by molar-refractivity contribution is 0.0285. The molecule has 0 fully saturated rings. The van der Waals surface area contributed by atoms with Crippen molar-refractivity contribution in [3.63, 3.8) is 0 Å². The van der Waals surface area contributed by atoms with Gasteiger partial charge in [-0.2, -0.15) is 0 Å². The van der Waals surface area contributed by atoms with Crippen molar-refractivity contribution in [2.75, 3.05) is 51.1 Å². The highest BCUT2D eigenvalue weighted by atomic mass is 16.5. The van der Waals surface area contributed by atoms with Gasteiger partial charge in [0.05, 0.1) is 24.1 Å². The summed E-state index contributed by atoms with van der Waals surface area (Å²) in [7, 11) is 3.21. The normalized spacial score (nSPS) is 14.7. The molecule has 0 aliphatic carbocycles. The van der Waals surface area contributed by atoms with Crippen molar-refractivity contribution in [3.8, 4) is 0 Å². The highest BCUT2D eigenvalue weighted by molar-refractivity contribution is 5.96. The lowest BCUT2D eigenvalue weighted by Crippen LogP contribution is -2.35. The Kier molecular flexibility index (Phi) is 5.20. The smallest absolute Gasteiger partial charge is 0.251 e. The van der Waals surface area contributed by atoms with Crippen LogP contribution in [0.1, 0.15) is 10.4 Å². The topological polar surface area (TPSA) is 71.6 Å². The molecule has 1 amide bonds. The Morgan fingerprint density at radius 2 is 2.05 bits per heavy atom. The predicted octanol–water partition coefficient (Wildman–Crippen LogP) is 0.915. The van der Waals surface area contributed by atoms with Gasteiger partial charge in [0.15, 0.2) is 0 Å². The van der Waals surface area contributed by atoms with Gasteiger partial charge in [0.25, 0.3) is 5.91 Å². The molecule has 1 atom stereocenters. The first-order valence-corrected chi connectivity index (χ1v) is 6.66. The van der Waals surface area contributed by atoms with Crippen LogP contribution in [0.5, 0.6) is 0 Å². The zero-order valence-corrected chi connectivity index (χ0v) is 11.9. The summed E-state index contributed by atoms with van der Waals surface area (Å²) in [5.74, 6) is -0.113. The minimum absolute atomic E-state index is 0.113. The van der Waals surface area contributed by atoms with Gasteiger partial charge in [0.2, 0.25) is 0 Å². The predicted molar refractivity (Wildman–Crippen MR) is 78.4 cm³/mol. The molecular formula is C14H21N3O3. The molecule has 0 spiro atoms. The third kappa shape index (κ3) is 3.61. The summed E-state index contributed by atoms with van der Waals surface area (Å²) in [4.78, 5) is 12.1. The number of carbonyl (C=O) groups is 1. The van der Waals surface area contributed by atoms with Crippen molar-refractivity contribution in [2.24, 2.45) is 0 Å². The van der Waals surface area contributed by atoms with Gasteiger partial charge in [0.1, 0.15) is 0 Å². The number of nitrogens with one attached hydrogen (secondary N) is 3. The second-order valence-electron chi connectivity index (χ2n) is 4.64. The molecule has 2 rings (SSSR count). The molecule has 1 aromatic carbocycles. The highest BCUT2D eigenvalue weighted by Crippen LogP contribution is 2.25. The number of fused-ring (bicyclic) bond motifs is 1. The Labute approximate surface area is 118 Å². The second-order valence-corrected chi connectivity index (χ2v) is 4.64. The zero-order chi connectivity index (χ0) is 14.4. The molecule has 1 aromatic rings. The maximum absolute atomic E-state index is 12.1. The van der Waals surface area contributed by atoms with Crippen LogP contribution in [0, 0.1) is 0 Å². The van der Waals surface area contributed by atoms with Crippen molar-refractivity contribution in [1.82, 2.24) is 5.32 Å². The summed E-state index contributed by atoms with van der Waals surface area (Å²) in [6, 6.07) is 5.58. The Morgan fingerprint density at radius 1 is 1.30 bits per heavy atom. The molecule has 0 saturated heterocycles. The van der Waals surface area contributed by atoms with Gasteiger partial charge in [-0.3, -0.25) is 4.79 Å². The van der Waals surface area contributed by atoms with Crippen molar-refractivity contribution in [3.05, 3.63) is 23.8 Å². The molecule has 0 radical (unpaired) electrons. The van der Waals surface area contributed by atoms with Crippen molar-refractivity contribution in [1.29, 1.82) is 0 Å². The number of anilines is 2. The molecule has 6 nitrogen and oxygen atoms in total. The fourth-order valence-corrected chi connectivity index (χ4v) is 2.09. The number of hydrogen-bond donors (Lipinski definition) is 3. The SMILES string of the molecule is COCC(CNC(=O)c1ccc2c(c1)NCCN2)OC. The Balaban J connectivity index is 1.95. The van der Waals surface area contributed by atoms with E-state index < -0.39 is 0 Å². The van der Waals surface area contributed by atoms with E-state index in [0.717, 1.165) is 24.5 Å². The quantitative estimate of drug-likeness (QED) is 0.722. The third-order valence-electron chi connectivity index (χ3n) is 3.21. The Hall–Kier alpha value is -1.79. The van der Waals surface area contributed by atoms with Gasteiger partial charge < -0.3 is 25.4 Å². The highest BCUT2D eigenvalue weighted by Gasteiger charge is 2.13. The summed E-state index contributed by atoms with van der Waals surface area (Å²) in [6.07, 6.45) is -0.138. The number of amides is 1. The van der Waals surface area contributed by atoms with E-state index in [1.165, 1.54) is 0 Å². The van der Waals surface area contributed by atoms with Crippen LogP contribution in [0.15, 0.2) is 18.2 Å². The molecule has 0 saturated carbocycles. The van der Waals surface area contributed by atoms with E-state index in [9.17, 15) is 4.79 Å². The average Bonchev–Trinajstić information content (AvgIpc) is 2.50.